The highest BCUT2D eigenvalue weighted by Gasteiger charge is 2.58. The molecule has 1 aliphatic carbocycles. The van der Waals surface area contributed by atoms with Crippen LogP contribution in [-0.4, -0.2) is 45.5 Å². The van der Waals surface area contributed by atoms with Gasteiger partial charge in [-0.1, -0.05) is 6.07 Å². The van der Waals surface area contributed by atoms with Gasteiger partial charge in [0.25, 0.3) is 0 Å². The zero-order chi connectivity index (χ0) is 23.4. The summed E-state index contributed by atoms with van der Waals surface area (Å²) >= 11 is 0. The lowest BCUT2D eigenvalue weighted by molar-refractivity contribution is -0.186. The number of nitrogens with one attached hydrogen (secondary N) is 1. The smallest absolute Gasteiger partial charge is 0.354 e. The number of hydrogen-bond donors (Lipinski definition) is 2. The molecule has 1 aliphatic heterocycles. The summed E-state index contributed by atoms with van der Waals surface area (Å²) in [5.41, 5.74) is 3.65. The second-order valence-corrected chi connectivity index (χ2v) is 9.57. The minimum atomic E-state index is -2.59. The fourth-order valence-electron chi connectivity index (χ4n) is 5.78. The van der Waals surface area contributed by atoms with Crippen molar-refractivity contribution in [2.24, 2.45) is 5.41 Å². The number of ether oxygens (including phenoxy) is 1. The number of fused-ring (bicyclic) bond motifs is 1. The van der Waals surface area contributed by atoms with Gasteiger partial charge in [0.05, 0.1) is 7.11 Å². The van der Waals surface area contributed by atoms with E-state index in [4.69, 9.17) is 4.74 Å². The number of halogens is 2. The molecule has 2 aliphatic rings. The molecular weight excluding hydrogens is 428 g/mol. The molecule has 3 heterocycles. The van der Waals surface area contributed by atoms with Crippen LogP contribution in [0.5, 0.6) is 5.75 Å². The van der Waals surface area contributed by atoms with Gasteiger partial charge in [-0.15, -0.1) is 0 Å². The summed E-state index contributed by atoms with van der Waals surface area (Å²) in [5.74, 6) is -2.88. The van der Waals surface area contributed by atoms with E-state index in [-0.39, 0.29) is 30.0 Å². The topological polar surface area (TPSA) is 78.5 Å². The number of hydrogen-bond acceptors (Lipinski definition) is 4. The number of aromatic nitrogens is 2. The van der Waals surface area contributed by atoms with E-state index in [0.29, 0.717) is 25.9 Å². The van der Waals surface area contributed by atoms with Gasteiger partial charge in [-0.25, -0.2) is 18.6 Å². The Labute approximate surface area is 190 Å². The number of carboxylic acids is 1. The number of H-pyrrole nitrogens is 1. The quantitative estimate of drug-likeness (QED) is 0.544. The number of nitrogens with zero attached hydrogens (tertiary/aromatic N) is 2. The molecule has 8 heteroatoms. The van der Waals surface area contributed by atoms with Gasteiger partial charge in [0, 0.05) is 54.3 Å². The van der Waals surface area contributed by atoms with Gasteiger partial charge in [0.15, 0.2) is 0 Å². The summed E-state index contributed by atoms with van der Waals surface area (Å²) < 4.78 is 33.4. The van der Waals surface area contributed by atoms with Crippen molar-refractivity contribution in [3.63, 3.8) is 0 Å². The number of aromatic amines is 1. The van der Waals surface area contributed by atoms with Crippen LogP contribution in [0, 0.1) is 12.3 Å². The maximum atomic E-state index is 13.8. The van der Waals surface area contributed by atoms with Gasteiger partial charge in [-0.2, -0.15) is 0 Å². The SMILES string of the molecule is COc1cc(C)c2[nH]ccc2c1CN1CCC2(CC1c1ccc(C(=O)O)nc1)CC(F)(F)C2. The summed E-state index contributed by atoms with van der Waals surface area (Å²) in [6.07, 6.45) is 4.64. The lowest BCUT2D eigenvalue weighted by atomic mass is 9.59. The summed E-state index contributed by atoms with van der Waals surface area (Å²) in [6, 6.07) is 7.18. The van der Waals surface area contributed by atoms with Crippen LogP contribution in [0.15, 0.2) is 36.7 Å². The van der Waals surface area contributed by atoms with Crippen molar-refractivity contribution in [1.82, 2.24) is 14.9 Å². The van der Waals surface area contributed by atoms with Crippen molar-refractivity contribution >= 4 is 16.9 Å². The Morgan fingerprint density at radius 3 is 2.76 bits per heavy atom. The number of alkyl halides is 2. The fraction of sp³-hybridized carbons (Fsp3) is 0.440. The Hall–Kier alpha value is -3.00. The molecule has 1 unspecified atom stereocenters. The Balaban J connectivity index is 1.50. The number of aromatic carboxylic acids is 1. The van der Waals surface area contributed by atoms with Gasteiger partial charge in [0.1, 0.15) is 11.4 Å². The molecule has 1 spiro atoms. The largest absolute Gasteiger partial charge is 0.496 e. The molecule has 6 nitrogen and oxygen atoms in total. The second-order valence-electron chi connectivity index (χ2n) is 9.57. The molecule has 3 aromatic rings. The lowest BCUT2D eigenvalue weighted by Crippen LogP contribution is -2.53. The summed E-state index contributed by atoms with van der Waals surface area (Å²) in [7, 11) is 1.66. The summed E-state index contributed by atoms with van der Waals surface area (Å²) in [4.78, 5) is 20.9. The summed E-state index contributed by atoms with van der Waals surface area (Å²) in [6.45, 7) is 3.30. The van der Waals surface area contributed by atoms with Gasteiger partial charge >= 0.3 is 5.97 Å². The van der Waals surface area contributed by atoms with E-state index in [1.807, 2.05) is 25.3 Å². The normalized spacial score (nSPS) is 21.8. The van der Waals surface area contributed by atoms with Crippen LogP contribution in [0.4, 0.5) is 8.78 Å². The fourth-order valence-corrected chi connectivity index (χ4v) is 5.78. The van der Waals surface area contributed by atoms with Gasteiger partial charge in [-0.05, 0) is 61.1 Å². The second kappa shape index (κ2) is 7.80. The van der Waals surface area contributed by atoms with Crippen LogP contribution >= 0.6 is 0 Å². The highest BCUT2D eigenvalue weighted by atomic mass is 19.3. The predicted octanol–water partition coefficient (Wildman–Crippen LogP) is 5.33. The zero-order valence-electron chi connectivity index (χ0n) is 18.7. The molecule has 0 radical (unpaired) electrons. The average Bonchev–Trinajstić information content (AvgIpc) is 3.26. The standard InChI is InChI=1S/C25H27F2N3O3/c1-15-9-21(33-2)18(17-5-7-28-22(15)17)12-30-8-6-24(13-25(26,27)14-24)10-20(30)16-3-4-19(23(31)32)29-11-16/h3-5,7,9,11,20,28H,6,8,10,12-14H2,1-2H3,(H,31,32). The minimum Gasteiger partial charge on any atom is -0.496 e. The third-order valence-electron chi connectivity index (χ3n) is 7.35. The molecule has 1 saturated carbocycles. The molecular formula is C25H27F2N3O3. The van der Waals surface area contributed by atoms with E-state index in [1.54, 1.807) is 19.4 Å². The van der Waals surface area contributed by atoms with Crippen molar-refractivity contribution in [1.29, 1.82) is 0 Å². The molecule has 1 atom stereocenters. The lowest BCUT2D eigenvalue weighted by Gasteiger charge is -2.54. The number of aryl methyl sites for hydroxylation is 1. The van der Waals surface area contributed by atoms with Crippen molar-refractivity contribution < 1.29 is 23.4 Å². The average molecular weight is 456 g/mol. The van der Waals surface area contributed by atoms with Crippen LogP contribution in [0.1, 0.15) is 58.9 Å². The first kappa shape index (κ1) is 21.8. The minimum absolute atomic E-state index is 0.0276. The van der Waals surface area contributed by atoms with E-state index in [2.05, 4.69) is 14.9 Å². The van der Waals surface area contributed by atoms with E-state index < -0.39 is 11.9 Å². The molecule has 1 aromatic carbocycles. The van der Waals surface area contributed by atoms with E-state index in [1.165, 1.54) is 6.07 Å². The van der Waals surface area contributed by atoms with Crippen LogP contribution in [0.25, 0.3) is 10.9 Å². The Bertz CT molecular complexity index is 1200. The monoisotopic (exact) mass is 455 g/mol. The van der Waals surface area contributed by atoms with E-state index in [9.17, 15) is 18.7 Å². The summed E-state index contributed by atoms with van der Waals surface area (Å²) in [5, 5.41) is 10.3. The maximum absolute atomic E-state index is 13.8. The molecule has 2 aromatic heterocycles. The molecule has 33 heavy (non-hydrogen) atoms. The molecule has 5 rings (SSSR count). The first-order valence-electron chi connectivity index (χ1n) is 11.1. The number of pyridine rings is 1. The first-order valence-corrected chi connectivity index (χ1v) is 11.1. The number of methoxy groups -OCH3 is 1. The van der Waals surface area contributed by atoms with Crippen LogP contribution in [0.2, 0.25) is 0 Å². The number of carbonyl (C=O) groups is 1. The van der Waals surface area contributed by atoms with E-state index in [0.717, 1.165) is 33.3 Å². The number of piperidine rings is 1. The zero-order valence-corrected chi connectivity index (χ0v) is 18.7. The Morgan fingerprint density at radius 1 is 1.33 bits per heavy atom. The van der Waals surface area contributed by atoms with Crippen LogP contribution < -0.4 is 4.74 Å². The number of carboxylic acid groups (broad SMARTS) is 1. The van der Waals surface area contributed by atoms with Gasteiger partial charge < -0.3 is 14.8 Å². The van der Waals surface area contributed by atoms with Crippen LogP contribution in [-0.2, 0) is 6.54 Å². The van der Waals surface area contributed by atoms with Crippen molar-refractivity contribution in [2.75, 3.05) is 13.7 Å². The van der Waals surface area contributed by atoms with E-state index >= 15 is 0 Å². The molecule has 2 fully saturated rings. The third kappa shape index (κ3) is 3.86. The molecule has 2 N–H and O–H groups in total. The van der Waals surface area contributed by atoms with Crippen molar-refractivity contribution in [3.05, 3.63) is 59.0 Å². The Morgan fingerprint density at radius 2 is 2.12 bits per heavy atom. The number of benzene rings is 1. The number of likely N-dealkylation sites (tertiary alicyclic amines) is 1. The molecule has 0 bridgehead atoms. The van der Waals surface area contributed by atoms with Gasteiger partial charge in [0.2, 0.25) is 5.92 Å². The highest BCUT2D eigenvalue weighted by Crippen LogP contribution is 2.60. The molecule has 174 valence electrons. The third-order valence-corrected chi connectivity index (χ3v) is 7.35. The maximum Gasteiger partial charge on any atom is 0.354 e. The van der Waals surface area contributed by atoms with Crippen molar-refractivity contribution in [2.45, 2.75) is 51.1 Å². The molecule has 0 amide bonds. The predicted molar refractivity (Wildman–Crippen MR) is 120 cm³/mol. The van der Waals surface area contributed by atoms with Gasteiger partial charge in [-0.3, -0.25) is 4.90 Å². The highest BCUT2D eigenvalue weighted by molar-refractivity contribution is 5.88. The number of rotatable bonds is 5. The van der Waals surface area contributed by atoms with Crippen molar-refractivity contribution in [3.8, 4) is 5.75 Å². The molecule has 1 saturated heterocycles. The Kier molecular flexibility index (Phi) is 5.16. The van der Waals surface area contributed by atoms with Crippen LogP contribution in [0.3, 0.4) is 0 Å². The first-order chi connectivity index (χ1) is 15.7.